The van der Waals surface area contributed by atoms with Crippen LogP contribution in [0.3, 0.4) is 0 Å². The number of nitrogens with zero attached hydrogens (tertiary/aromatic N) is 3. The summed E-state index contributed by atoms with van der Waals surface area (Å²) in [6.07, 6.45) is 0. The molecule has 8 aromatic carbocycles. The Labute approximate surface area is 306 Å². The lowest BCUT2D eigenvalue weighted by atomic mass is 9.86. The molecule has 248 valence electrons. The largest absolute Gasteiger partial charge is 0.453 e. The standard InChI is InChI=1S/C49H31N3O/c1-3-14-32(15-4-1)36-19-13-20-38(30-36)48-50-47(51-49(52-48)44-31-37-18-7-12-25-43(37)53-44)35-28-26-34(27-29-35)46-41-23-10-8-21-39(41)45(33-16-5-2-6-17-33)40-22-9-11-24-42(40)46/h1-31H. The average Bonchev–Trinajstić information content (AvgIpc) is 3.68. The minimum absolute atomic E-state index is 0.490. The van der Waals surface area contributed by atoms with Crippen LogP contribution in [0.5, 0.6) is 0 Å². The molecule has 0 saturated heterocycles. The van der Waals surface area contributed by atoms with E-state index in [0.29, 0.717) is 23.2 Å². The summed E-state index contributed by atoms with van der Waals surface area (Å²) >= 11 is 0. The maximum atomic E-state index is 6.28. The van der Waals surface area contributed by atoms with Crippen molar-refractivity contribution in [3.8, 4) is 67.7 Å². The van der Waals surface area contributed by atoms with Gasteiger partial charge in [0.05, 0.1) is 0 Å². The van der Waals surface area contributed by atoms with Gasteiger partial charge in [-0.25, -0.2) is 15.0 Å². The van der Waals surface area contributed by atoms with Gasteiger partial charge in [-0.2, -0.15) is 0 Å². The molecule has 4 nitrogen and oxygen atoms in total. The van der Waals surface area contributed by atoms with Gasteiger partial charge in [0, 0.05) is 16.5 Å². The summed E-state index contributed by atoms with van der Waals surface area (Å²) < 4.78 is 6.28. The number of aromatic nitrogens is 3. The molecular weight excluding hydrogens is 647 g/mol. The number of hydrogen-bond acceptors (Lipinski definition) is 4. The summed E-state index contributed by atoms with van der Waals surface area (Å²) in [5.41, 5.74) is 9.61. The van der Waals surface area contributed by atoms with E-state index in [1.807, 2.05) is 42.5 Å². The van der Waals surface area contributed by atoms with Crippen LogP contribution in [-0.2, 0) is 0 Å². The van der Waals surface area contributed by atoms with Gasteiger partial charge in [-0.1, -0.05) is 170 Å². The molecular formula is C49H31N3O. The third-order valence-electron chi connectivity index (χ3n) is 9.93. The van der Waals surface area contributed by atoms with E-state index in [0.717, 1.165) is 38.8 Å². The predicted octanol–water partition coefficient (Wildman–Crippen LogP) is 12.9. The Hall–Kier alpha value is -7.17. The lowest BCUT2D eigenvalue weighted by Gasteiger charge is -2.17. The van der Waals surface area contributed by atoms with E-state index >= 15 is 0 Å². The fourth-order valence-corrected chi connectivity index (χ4v) is 7.45. The number of fused-ring (bicyclic) bond motifs is 3. The second kappa shape index (κ2) is 12.9. The molecule has 0 amide bonds. The Morgan fingerprint density at radius 2 is 0.755 bits per heavy atom. The molecule has 2 heterocycles. The summed E-state index contributed by atoms with van der Waals surface area (Å²) in [6, 6.07) is 65.4. The van der Waals surface area contributed by atoms with E-state index in [1.54, 1.807) is 0 Å². The van der Waals surface area contributed by atoms with Gasteiger partial charge in [0.25, 0.3) is 0 Å². The Bertz CT molecular complexity index is 2840. The Kier molecular flexibility index (Phi) is 7.43. The van der Waals surface area contributed by atoms with Gasteiger partial charge in [0.1, 0.15) is 5.58 Å². The van der Waals surface area contributed by atoms with Crippen molar-refractivity contribution < 1.29 is 4.42 Å². The normalized spacial score (nSPS) is 11.4. The van der Waals surface area contributed by atoms with Crippen molar-refractivity contribution in [1.29, 1.82) is 0 Å². The summed E-state index contributed by atoms with van der Waals surface area (Å²) in [6.45, 7) is 0. The fourth-order valence-electron chi connectivity index (χ4n) is 7.45. The summed E-state index contributed by atoms with van der Waals surface area (Å²) in [4.78, 5) is 15.1. The van der Waals surface area contributed by atoms with E-state index in [-0.39, 0.29) is 0 Å². The third kappa shape index (κ3) is 5.54. The monoisotopic (exact) mass is 677 g/mol. The van der Waals surface area contributed by atoms with Gasteiger partial charge >= 0.3 is 0 Å². The molecule has 0 unspecified atom stereocenters. The first kappa shape index (κ1) is 30.6. The van der Waals surface area contributed by atoms with Crippen molar-refractivity contribution in [2.24, 2.45) is 0 Å². The number of furan rings is 1. The fraction of sp³-hybridized carbons (Fsp3) is 0. The maximum absolute atomic E-state index is 6.28. The molecule has 0 aliphatic rings. The van der Waals surface area contributed by atoms with E-state index in [4.69, 9.17) is 19.4 Å². The van der Waals surface area contributed by atoms with Crippen LogP contribution in [0.1, 0.15) is 0 Å². The van der Waals surface area contributed by atoms with Crippen LogP contribution in [0.15, 0.2) is 192 Å². The highest BCUT2D eigenvalue weighted by atomic mass is 16.3. The van der Waals surface area contributed by atoms with E-state index in [9.17, 15) is 0 Å². The van der Waals surface area contributed by atoms with Crippen molar-refractivity contribution in [2.45, 2.75) is 0 Å². The first-order valence-corrected chi connectivity index (χ1v) is 17.8. The molecule has 53 heavy (non-hydrogen) atoms. The van der Waals surface area contributed by atoms with E-state index in [2.05, 4.69) is 146 Å². The Balaban J connectivity index is 1.12. The van der Waals surface area contributed by atoms with Gasteiger partial charge in [-0.05, 0) is 73.1 Å². The van der Waals surface area contributed by atoms with Gasteiger partial charge in [-0.3, -0.25) is 0 Å². The molecule has 0 fully saturated rings. The van der Waals surface area contributed by atoms with Crippen molar-refractivity contribution in [1.82, 2.24) is 15.0 Å². The van der Waals surface area contributed by atoms with Crippen molar-refractivity contribution >= 4 is 32.5 Å². The van der Waals surface area contributed by atoms with Crippen LogP contribution in [0.2, 0.25) is 0 Å². The highest BCUT2D eigenvalue weighted by Gasteiger charge is 2.19. The SMILES string of the molecule is c1ccc(-c2cccc(-c3nc(-c4ccc(-c5c6ccccc6c(-c6ccccc6)c6ccccc56)cc4)nc(-c4cc5ccccc5o4)n3)c2)cc1. The highest BCUT2D eigenvalue weighted by molar-refractivity contribution is 6.21. The number of rotatable bonds is 6. The minimum Gasteiger partial charge on any atom is -0.453 e. The zero-order valence-electron chi connectivity index (χ0n) is 28.6. The van der Waals surface area contributed by atoms with Crippen LogP contribution in [-0.4, -0.2) is 15.0 Å². The molecule has 0 radical (unpaired) electrons. The average molecular weight is 678 g/mol. The summed E-state index contributed by atoms with van der Waals surface area (Å²) in [5.74, 6) is 2.25. The van der Waals surface area contributed by atoms with Gasteiger partial charge in [0.2, 0.25) is 0 Å². The van der Waals surface area contributed by atoms with Gasteiger partial charge < -0.3 is 4.42 Å². The molecule has 0 atom stereocenters. The number of hydrogen-bond donors (Lipinski definition) is 0. The lowest BCUT2D eigenvalue weighted by Crippen LogP contribution is -2.00. The Morgan fingerprint density at radius 3 is 1.38 bits per heavy atom. The zero-order chi connectivity index (χ0) is 35.1. The molecule has 0 bridgehead atoms. The van der Waals surface area contributed by atoms with Crippen LogP contribution in [0.25, 0.3) is 100 Å². The molecule has 0 aliphatic heterocycles. The minimum atomic E-state index is 0.490. The van der Waals surface area contributed by atoms with Crippen LogP contribution in [0, 0.1) is 0 Å². The van der Waals surface area contributed by atoms with E-state index < -0.39 is 0 Å². The molecule has 0 saturated carbocycles. The molecule has 0 N–H and O–H groups in total. The molecule has 4 heteroatoms. The van der Waals surface area contributed by atoms with Crippen LogP contribution < -0.4 is 0 Å². The number of benzene rings is 8. The Morgan fingerprint density at radius 1 is 0.302 bits per heavy atom. The predicted molar refractivity (Wildman–Crippen MR) is 217 cm³/mol. The molecule has 0 aliphatic carbocycles. The summed E-state index contributed by atoms with van der Waals surface area (Å²) in [5, 5.41) is 5.88. The van der Waals surface area contributed by atoms with E-state index in [1.165, 1.54) is 38.2 Å². The van der Waals surface area contributed by atoms with Gasteiger partial charge in [0.15, 0.2) is 23.2 Å². The molecule has 2 aromatic heterocycles. The molecule has 10 aromatic rings. The first-order chi connectivity index (χ1) is 26.3. The van der Waals surface area contributed by atoms with Crippen molar-refractivity contribution in [3.63, 3.8) is 0 Å². The topological polar surface area (TPSA) is 51.8 Å². The van der Waals surface area contributed by atoms with Crippen molar-refractivity contribution in [2.75, 3.05) is 0 Å². The van der Waals surface area contributed by atoms with Crippen LogP contribution in [0.4, 0.5) is 0 Å². The number of para-hydroxylation sites is 1. The smallest absolute Gasteiger partial charge is 0.199 e. The molecule has 0 spiro atoms. The highest BCUT2D eigenvalue weighted by Crippen LogP contribution is 2.44. The summed E-state index contributed by atoms with van der Waals surface area (Å²) in [7, 11) is 0. The van der Waals surface area contributed by atoms with Crippen LogP contribution >= 0.6 is 0 Å². The van der Waals surface area contributed by atoms with Crippen molar-refractivity contribution in [3.05, 3.63) is 188 Å². The quantitative estimate of drug-likeness (QED) is 0.164. The third-order valence-corrected chi connectivity index (χ3v) is 9.93. The second-order valence-electron chi connectivity index (χ2n) is 13.2. The second-order valence-corrected chi connectivity index (χ2v) is 13.2. The maximum Gasteiger partial charge on any atom is 0.199 e. The first-order valence-electron chi connectivity index (χ1n) is 17.8. The zero-order valence-corrected chi connectivity index (χ0v) is 28.6. The van der Waals surface area contributed by atoms with Gasteiger partial charge in [-0.15, -0.1) is 0 Å². The lowest BCUT2D eigenvalue weighted by molar-refractivity contribution is 0.625. The molecule has 10 rings (SSSR count).